The summed E-state index contributed by atoms with van der Waals surface area (Å²) >= 11 is 0. The Balaban J connectivity index is 1.93. The van der Waals surface area contributed by atoms with Crippen LogP contribution < -0.4 is 0 Å². The van der Waals surface area contributed by atoms with Gasteiger partial charge < -0.3 is 9.64 Å². The number of hydrogen-bond donors (Lipinski definition) is 0. The van der Waals surface area contributed by atoms with Gasteiger partial charge in [-0.2, -0.15) is 13.2 Å². The van der Waals surface area contributed by atoms with Gasteiger partial charge in [0.2, 0.25) is 5.91 Å². The van der Waals surface area contributed by atoms with Crippen LogP contribution in [0.25, 0.3) is 0 Å². The largest absolute Gasteiger partial charge is 0.393 e. The summed E-state index contributed by atoms with van der Waals surface area (Å²) < 4.78 is 43.1. The standard InChI is InChI=1S/C12H18F3NO2/c13-12(14,15)10-2-1-5-16(8-10)11(17)9-3-6-18-7-4-9/h9-10H,1-8H2. The molecule has 0 N–H and O–H groups in total. The van der Waals surface area contributed by atoms with Crippen molar-refractivity contribution in [3.05, 3.63) is 0 Å². The van der Waals surface area contributed by atoms with Gasteiger partial charge in [-0.15, -0.1) is 0 Å². The van der Waals surface area contributed by atoms with E-state index in [1.165, 1.54) is 4.90 Å². The molecule has 0 aromatic rings. The number of likely N-dealkylation sites (tertiary alicyclic amines) is 1. The van der Waals surface area contributed by atoms with Crippen molar-refractivity contribution in [1.29, 1.82) is 0 Å². The van der Waals surface area contributed by atoms with Gasteiger partial charge in [0.25, 0.3) is 0 Å². The number of carbonyl (C=O) groups excluding carboxylic acids is 1. The third kappa shape index (κ3) is 3.16. The van der Waals surface area contributed by atoms with E-state index in [1.54, 1.807) is 0 Å². The van der Waals surface area contributed by atoms with Crippen LogP contribution in [0.2, 0.25) is 0 Å². The molecule has 1 amide bonds. The topological polar surface area (TPSA) is 29.5 Å². The smallest absolute Gasteiger partial charge is 0.381 e. The summed E-state index contributed by atoms with van der Waals surface area (Å²) in [5.74, 6) is -1.62. The van der Waals surface area contributed by atoms with Crippen molar-refractivity contribution in [2.45, 2.75) is 31.9 Å². The first-order chi connectivity index (χ1) is 8.48. The number of amides is 1. The number of carbonyl (C=O) groups is 1. The first-order valence-electron chi connectivity index (χ1n) is 6.41. The average Bonchev–Trinajstić information content (AvgIpc) is 2.38. The molecule has 0 spiro atoms. The molecule has 0 aromatic carbocycles. The summed E-state index contributed by atoms with van der Waals surface area (Å²) in [6, 6.07) is 0. The van der Waals surface area contributed by atoms with Crippen LogP contribution in [0.3, 0.4) is 0 Å². The summed E-state index contributed by atoms with van der Waals surface area (Å²) in [7, 11) is 0. The SMILES string of the molecule is O=C(C1CCOCC1)N1CCCC(C(F)(F)F)C1. The van der Waals surface area contributed by atoms with Gasteiger partial charge in [-0.3, -0.25) is 4.79 Å². The zero-order valence-corrected chi connectivity index (χ0v) is 10.2. The molecule has 18 heavy (non-hydrogen) atoms. The van der Waals surface area contributed by atoms with Crippen LogP contribution in [0.15, 0.2) is 0 Å². The highest BCUT2D eigenvalue weighted by Gasteiger charge is 2.43. The molecule has 1 atom stereocenters. The Morgan fingerprint density at radius 2 is 1.83 bits per heavy atom. The number of halogens is 3. The molecule has 2 fully saturated rings. The molecule has 2 heterocycles. The van der Waals surface area contributed by atoms with E-state index in [4.69, 9.17) is 4.74 Å². The third-order valence-corrected chi connectivity index (χ3v) is 3.77. The fourth-order valence-corrected chi connectivity index (χ4v) is 2.65. The number of alkyl halides is 3. The molecule has 0 aromatic heterocycles. The molecule has 104 valence electrons. The summed E-state index contributed by atoms with van der Waals surface area (Å²) in [5.41, 5.74) is 0. The van der Waals surface area contributed by atoms with Crippen molar-refractivity contribution in [3.8, 4) is 0 Å². The van der Waals surface area contributed by atoms with Crippen LogP contribution >= 0.6 is 0 Å². The number of piperidine rings is 1. The lowest BCUT2D eigenvalue weighted by Gasteiger charge is -2.36. The maximum Gasteiger partial charge on any atom is 0.393 e. The van der Waals surface area contributed by atoms with Crippen molar-refractivity contribution in [2.75, 3.05) is 26.3 Å². The number of nitrogens with zero attached hydrogens (tertiary/aromatic N) is 1. The monoisotopic (exact) mass is 265 g/mol. The molecular weight excluding hydrogens is 247 g/mol. The zero-order chi connectivity index (χ0) is 13.2. The Bertz CT molecular complexity index is 300. The van der Waals surface area contributed by atoms with E-state index in [0.29, 0.717) is 39.0 Å². The number of hydrogen-bond acceptors (Lipinski definition) is 2. The second-order valence-corrected chi connectivity index (χ2v) is 5.05. The molecule has 2 saturated heterocycles. The van der Waals surface area contributed by atoms with Gasteiger partial charge in [0, 0.05) is 32.2 Å². The number of rotatable bonds is 1. The fourth-order valence-electron chi connectivity index (χ4n) is 2.65. The highest BCUT2D eigenvalue weighted by Crippen LogP contribution is 2.34. The van der Waals surface area contributed by atoms with Crippen LogP contribution in [0, 0.1) is 11.8 Å². The van der Waals surface area contributed by atoms with Gasteiger partial charge in [0.15, 0.2) is 0 Å². The van der Waals surface area contributed by atoms with E-state index in [1.807, 2.05) is 0 Å². The van der Waals surface area contributed by atoms with Gasteiger partial charge >= 0.3 is 6.18 Å². The summed E-state index contributed by atoms with van der Waals surface area (Å²) in [5, 5.41) is 0. The lowest BCUT2D eigenvalue weighted by molar-refractivity contribution is -0.189. The first kappa shape index (κ1) is 13.6. The second kappa shape index (κ2) is 5.47. The minimum Gasteiger partial charge on any atom is -0.381 e. The lowest BCUT2D eigenvalue weighted by Crippen LogP contribution is -2.47. The van der Waals surface area contributed by atoms with Crippen molar-refractivity contribution in [3.63, 3.8) is 0 Å². The minimum atomic E-state index is -4.19. The van der Waals surface area contributed by atoms with Crippen LogP contribution in [0.1, 0.15) is 25.7 Å². The Hall–Kier alpha value is -0.780. The minimum absolute atomic E-state index is 0.118. The van der Waals surface area contributed by atoms with Crippen LogP contribution in [0.5, 0.6) is 0 Å². The van der Waals surface area contributed by atoms with E-state index in [2.05, 4.69) is 0 Å². The van der Waals surface area contributed by atoms with Crippen molar-refractivity contribution < 1.29 is 22.7 Å². The quantitative estimate of drug-likeness (QED) is 0.727. The van der Waals surface area contributed by atoms with E-state index in [-0.39, 0.29) is 24.8 Å². The Morgan fingerprint density at radius 3 is 2.44 bits per heavy atom. The lowest BCUT2D eigenvalue weighted by atomic mass is 9.93. The predicted octanol–water partition coefficient (Wildman–Crippen LogP) is 2.21. The summed E-state index contributed by atoms with van der Waals surface area (Å²) in [6.45, 7) is 1.36. The maximum absolute atomic E-state index is 12.7. The van der Waals surface area contributed by atoms with E-state index in [0.717, 1.165) is 0 Å². The number of ether oxygens (including phenoxy) is 1. The highest BCUT2D eigenvalue weighted by molar-refractivity contribution is 5.79. The van der Waals surface area contributed by atoms with Crippen molar-refractivity contribution in [1.82, 2.24) is 4.90 Å². The molecule has 6 heteroatoms. The molecule has 1 unspecified atom stereocenters. The van der Waals surface area contributed by atoms with Gasteiger partial charge in [0.05, 0.1) is 5.92 Å². The van der Waals surface area contributed by atoms with Crippen molar-refractivity contribution >= 4 is 5.91 Å². The molecular formula is C12H18F3NO2. The van der Waals surface area contributed by atoms with Crippen LogP contribution in [-0.4, -0.2) is 43.3 Å². The van der Waals surface area contributed by atoms with Crippen LogP contribution in [-0.2, 0) is 9.53 Å². The molecule has 0 radical (unpaired) electrons. The van der Waals surface area contributed by atoms with E-state index < -0.39 is 12.1 Å². The highest BCUT2D eigenvalue weighted by atomic mass is 19.4. The fraction of sp³-hybridized carbons (Fsp3) is 0.917. The predicted molar refractivity (Wildman–Crippen MR) is 58.9 cm³/mol. The maximum atomic E-state index is 12.7. The molecule has 2 aliphatic heterocycles. The normalized spacial score (nSPS) is 27.3. The first-order valence-corrected chi connectivity index (χ1v) is 6.41. The second-order valence-electron chi connectivity index (χ2n) is 5.05. The van der Waals surface area contributed by atoms with Gasteiger partial charge in [-0.25, -0.2) is 0 Å². The molecule has 0 bridgehead atoms. The molecule has 3 nitrogen and oxygen atoms in total. The Labute approximate surface area is 104 Å². The van der Waals surface area contributed by atoms with Crippen molar-refractivity contribution in [2.24, 2.45) is 11.8 Å². The van der Waals surface area contributed by atoms with E-state index >= 15 is 0 Å². The zero-order valence-electron chi connectivity index (χ0n) is 10.2. The van der Waals surface area contributed by atoms with Crippen LogP contribution in [0.4, 0.5) is 13.2 Å². The Kier molecular flexibility index (Phi) is 4.14. The van der Waals surface area contributed by atoms with E-state index in [9.17, 15) is 18.0 Å². The van der Waals surface area contributed by atoms with Gasteiger partial charge in [-0.1, -0.05) is 0 Å². The molecule has 0 aliphatic carbocycles. The summed E-state index contributed by atoms with van der Waals surface area (Å²) in [4.78, 5) is 13.5. The molecule has 2 rings (SSSR count). The van der Waals surface area contributed by atoms with Gasteiger partial charge in [-0.05, 0) is 25.7 Å². The van der Waals surface area contributed by atoms with Gasteiger partial charge in [0.1, 0.15) is 0 Å². The molecule has 2 aliphatic rings. The third-order valence-electron chi connectivity index (χ3n) is 3.77. The molecule has 0 saturated carbocycles. The average molecular weight is 265 g/mol. The Morgan fingerprint density at radius 1 is 1.17 bits per heavy atom. The summed E-state index contributed by atoms with van der Waals surface area (Å²) in [6.07, 6.45) is -2.34.